The summed E-state index contributed by atoms with van der Waals surface area (Å²) in [5, 5.41) is 8.43. The van der Waals surface area contributed by atoms with E-state index in [1.165, 1.54) is 0 Å². The highest BCUT2D eigenvalue weighted by atomic mass is 32.2. The van der Waals surface area contributed by atoms with Crippen LogP contribution in [0.1, 0.15) is 17.5 Å². The normalized spacial score (nSPS) is 11.6. The molecular weight excluding hydrogens is 268 g/mol. The van der Waals surface area contributed by atoms with Crippen LogP contribution < -0.4 is 10.5 Å². The maximum Gasteiger partial charge on any atom is 0.238 e. The zero-order valence-corrected chi connectivity index (χ0v) is 12.6. The monoisotopic (exact) mass is 288 g/mol. The van der Waals surface area contributed by atoms with E-state index in [1.807, 2.05) is 13.8 Å². The van der Waals surface area contributed by atoms with Gasteiger partial charge in [0.05, 0.1) is 4.90 Å². The molecule has 4 nitrogen and oxygen atoms in total. The van der Waals surface area contributed by atoms with Crippen LogP contribution in [0.5, 0.6) is 0 Å². The van der Waals surface area contributed by atoms with Crippen molar-refractivity contribution < 1.29 is 8.42 Å². The molecule has 0 aliphatic heterocycles. The minimum absolute atomic E-state index is 0.165. The van der Waals surface area contributed by atoms with Crippen molar-refractivity contribution in [2.24, 2.45) is 5.14 Å². The first-order valence-corrected chi connectivity index (χ1v) is 8.67. The fraction of sp³-hybridized carbons (Fsp3) is 0.500. The Balaban J connectivity index is 2.93. The number of hydrogen-bond donors (Lipinski definition) is 2. The molecule has 0 unspecified atom stereocenters. The Morgan fingerprint density at radius 1 is 1.33 bits per heavy atom. The molecular formula is C12H20N2O2S2. The van der Waals surface area contributed by atoms with E-state index in [9.17, 15) is 8.42 Å². The molecule has 1 rings (SSSR count). The molecule has 0 atom stereocenters. The Labute approximate surface area is 113 Å². The summed E-state index contributed by atoms with van der Waals surface area (Å²) in [4.78, 5) is 0.165. The highest BCUT2D eigenvalue weighted by molar-refractivity contribution is 7.98. The van der Waals surface area contributed by atoms with E-state index in [4.69, 9.17) is 5.14 Å². The van der Waals surface area contributed by atoms with Gasteiger partial charge in [-0.3, -0.25) is 0 Å². The van der Waals surface area contributed by atoms with E-state index in [-0.39, 0.29) is 4.90 Å². The lowest BCUT2D eigenvalue weighted by molar-refractivity contribution is 0.597. The van der Waals surface area contributed by atoms with Gasteiger partial charge in [-0.2, -0.15) is 11.8 Å². The SMILES string of the molecule is CSCCCNc1cc(S(N)(=O)=O)cc(C)c1C. The first-order chi connectivity index (χ1) is 8.36. The van der Waals surface area contributed by atoms with E-state index in [2.05, 4.69) is 11.6 Å². The van der Waals surface area contributed by atoms with Crippen LogP contribution in [0, 0.1) is 13.8 Å². The van der Waals surface area contributed by atoms with Gasteiger partial charge in [0.1, 0.15) is 0 Å². The average Bonchev–Trinajstić information content (AvgIpc) is 2.28. The van der Waals surface area contributed by atoms with E-state index in [0.29, 0.717) is 0 Å². The summed E-state index contributed by atoms with van der Waals surface area (Å²) < 4.78 is 22.7. The lowest BCUT2D eigenvalue weighted by atomic mass is 10.1. The summed E-state index contributed by atoms with van der Waals surface area (Å²) in [6, 6.07) is 3.22. The number of primary sulfonamides is 1. The van der Waals surface area contributed by atoms with Crippen molar-refractivity contribution in [1.82, 2.24) is 0 Å². The Hall–Kier alpha value is -0.720. The number of benzene rings is 1. The van der Waals surface area contributed by atoms with E-state index in [0.717, 1.165) is 35.5 Å². The summed E-state index contributed by atoms with van der Waals surface area (Å²) in [6.07, 6.45) is 3.11. The summed E-state index contributed by atoms with van der Waals surface area (Å²) >= 11 is 1.80. The zero-order valence-electron chi connectivity index (χ0n) is 11.0. The smallest absolute Gasteiger partial charge is 0.238 e. The zero-order chi connectivity index (χ0) is 13.8. The molecule has 0 spiro atoms. The molecule has 0 radical (unpaired) electrons. The number of sulfonamides is 1. The molecule has 6 heteroatoms. The van der Waals surface area contributed by atoms with Crippen molar-refractivity contribution in [3.8, 4) is 0 Å². The summed E-state index contributed by atoms with van der Waals surface area (Å²) in [6.45, 7) is 4.69. The van der Waals surface area contributed by atoms with Gasteiger partial charge in [0, 0.05) is 12.2 Å². The lowest BCUT2D eigenvalue weighted by Crippen LogP contribution is -2.14. The van der Waals surface area contributed by atoms with Gasteiger partial charge < -0.3 is 5.32 Å². The van der Waals surface area contributed by atoms with Crippen LogP contribution >= 0.6 is 11.8 Å². The maximum atomic E-state index is 11.4. The van der Waals surface area contributed by atoms with Gasteiger partial charge in [-0.15, -0.1) is 0 Å². The molecule has 0 aromatic heterocycles. The average molecular weight is 288 g/mol. The third-order valence-electron chi connectivity index (χ3n) is 2.81. The molecule has 0 saturated carbocycles. The maximum absolute atomic E-state index is 11.4. The highest BCUT2D eigenvalue weighted by Gasteiger charge is 2.12. The highest BCUT2D eigenvalue weighted by Crippen LogP contribution is 2.23. The largest absolute Gasteiger partial charge is 0.385 e. The second-order valence-electron chi connectivity index (χ2n) is 4.23. The number of nitrogens with one attached hydrogen (secondary N) is 1. The first-order valence-electron chi connectivity index (χ1n) is 5.73. The predicted octanol–water partition coefficient (Wildman–Crippen LogP) is 2.12. The van der Waals surface area contributed by atoms with Crippen LogP contribution in [-0.2, 0) is 10.0 Å². The fourth-order valence-corrected chi connectivity index (χ4v) is 2.67. The van der Waals surface area contributed by atoms with Crippen LogP contribution in [0.2, 0.25) is 0 Å². The van der Waals surface area contributed by atoms with Gasteiger partial charge in [-0.25, -0.2) is 13.6 Å². The number of thioether (sulfide) groups is 1. The van der Waals surface area contributed by atoms with Gasteiger partial charge in [0.2, 0.25) is 10.0 Å². The van der Waals surface area contributed by atoms with Crippen molar-refractivity contribution in [3.63, 3.8) is 0 Å². The van der Waals surface area contributed by atoms with Crippen molar-refractivity contribution in [2.45, 2.75) is 25.2 Å². The van der Waals surface area contributed by atoms with Crippen molar-refractivity contribution in [2.75, 3.05) is 23.9 Å². The molecule has 1 aromatic rings. The quantitative estimate of drug-likeness (QED) is 0.786. The number of nitrogens with two attached hydrogens (primary N) is 1. The molecule has 0 aliphatic rings. The van der Waals surface area contributed by atoms with Crippen molar-refractivity contribution >= 4 is 27.5 Å². The van der Waals surface area contributed by atoms with E-state index >= 15 is 0 Å². The third-order valence-corrected chi connectivity index (χ3v) is 4.40. The second-order valence-corrected chi connectivity index (χ2v) is 6.78. The van der Waals surface area contributed by atoms with Gasteiger partial charge in [0.25, 0.3) is 0 Å². The van der Waals surface area contributed by atoms with E-state index < -0.39 is 10.0 Å². The molecule has 0 amide bonds. The standard InChI is InChI=1S/C12H20N2O2S2/c1-9-7-11(18(13,15)16)8-12(10(9)2)14-5-4-6-17-3/h7-8,14H,4-6H2,1-3H3,(H2,13,15,16). The van der Waals surface area contributed by atoms with Gasteiger partial charge in [-0.05, 0) is 55.5 Å². The molecule has 0 heterocycles. The van der Waals surface area contributed by atoms with Crippen LogP contribution in [0.25, 0.3) is 0 Å². The molecule has 0 fully saturated rings. The number of rotatable bonds is 6. The second kappa shape index (κ2) is 6.45. The summed E-state index contributed by atoms with van der Waals surface area (Å²) in [7, 11) is -3.64. The summed E-state index contributed by atoms with van der Waals surface area (Å²) in [5.74, 6) is 1.08. The van der Waals surface area contributed by atoms with Gasteiger partial charge in [0.15, 0.2) is 0 Å². The Bertz CT molecular complexity index is 513. The topological polar surface area (TPSA) is 72.2 Å². The van der Waals surface area contributed by atoms with Crippen molar-refractivity contribution in [3.05, 3.63) is 23.3 Å². The Morgan fingerprint density at radius 2 is 2.00 bits per heavy atom. The van der Waals surface area contributed by atoms with Crippen LogP contribution in [-0.4, -0.2) is 27.0 Å². The number of anilines is 1. The summed E-state index contributed by atoms with van der Waals surface area (Å²) in [5.41, 5.74) is 2.83. The van der Waals surface area contributed by atoms with Gasteiger partial charge >= 0.3 is 0 Å². The predicted molar refractivity (Wildman–Crippen MR) is 78.8 cm³/mol. The van der Waals surface area contributed by atoms with Crippen LogP contribution in [0.3, 0.4) is 0 Å². The fourth-order valence-electron chi connectivity index (χ4n) is 1.61. The van der Waals surface area contributed by atoms with Crippen LogP contribution in [0.15, 0.2) is 17.0 Å². The Kier molecular flexibility index (Phi) is 5.49. The molecule has 0 aliphatic carbocycles. The minimum Gasteiger partial charge on any atom is -0.385 e. The third kappa shape index (κ3) is 4.19. The molecule has 0 saturated heterocycles. The molecule has 0 bridgehead atoms. The lowest BCUT2D eigenvalue weighted by Gasteiger charge is -2.13. The molecule has 18 heavy (non-hydrogen) atoms. The number of hydrogen-bond acceptors (Lipinski definition) is 4. The number of aryl methyl sites for hydroxylation is 1. The van der Waals surface area contributed by atoms with Gasteiger partial charge in [-0.1, -0.05) is 0 Å². The Morgan fingerprint density at radius 3 is 2.56 bits per heavy atom. The molecule has 3 N–H and O–H groups in total. The van der Waals surface area contributed by atoms with E-state index in [1.54, 1.807) is 23.9 Å². The molecule has 102 valence electrons. The molecule has 1 aromatic carbocycles. The van der Waals surface area contributed by atoms with Crippen molar-refractivity contribution in [1.29, 1.82) is 0 Å². The minimum atomic E-state index is -3.64. The first kappa shape index (κ1) is 15.3. The van der Waals surface area contributed by atoms with Crippen LogP contribution in [0.4, 0.5) is 5.69 Å².